The highest BCUT2D eigenvalue weighted by Gasteiger charge is 2.13. The molecule has 0 aliphatic carbocycles. The van der Waals surface area contributed by atoms with Gasteiger partial charge in [-0.05, 0) is 29.7 Å². The number of aromatic nitrogens is 1. The fourth-order valence-electron chi connectivity index (χ4n) is 3.27. The third kappa shape index (κ3) is 3.27. The van der Waals surface area contributed by atoms with Crippen LogP contribution in [-0.2, 0) is 6.54 Å². The van der Waals surface area contributed by atoms with Crippen LogP contribution in [0.3, 0.4) is 0 Å². The molecule has 3 aromatic carbocycles. The summed E-state index contributed by atoms with van der Waals surface area (Å²) >= 11 is 0. The Morgan fingerprint density at radius 1 is 0.640 bits per heavy atom. The van der Waals surface area contributed by atoms with Crippen molar-refractivity contribution >= 4 is 0 Å². The van der Waals surface area contributed by atoms with Gasteiger partial charge in [-0.2, -0.15) is 0 Å². The summed E-state index contributed by atoms with van der Waals surface area (Å²) in [7, 11) is 0. The van der Waals surface area contributed by atoms with Crippen molar-refractivity contribution < 1.29 is 0 Å². The van der Waals surface area contributed by atoms with E-state index in [0.29, 0.717) is 0 Å². The second-order valence-corrected chi connectivity index (χ2v) is 6.42. The van der Waals surface area contributed by atoms with E-state index in [2.05, 4.69) is 109 Å². The maximum Gasteiger partial charge on any atom is 0.0563 e. The Morgan fingerprint density at radius 2 is 1.28 bits per heavy atom. The quantitative estimate of drug-likeness (QED) is 0.422. The van der Waals surface area contributed by atoms with Crippen LogP contribution in [0.5, 0.6) is 0 Å². The minimum absolute atomic E-state index is 0.872. The molecule has 0 aliphatic heterocycles. The Bertz CT molecular complexity index is 948. The van der Waals surface area contributed by atoms with Gasteiger partial charge in [-0.3, -0.25) is 0 Å². The van der Waals surface area contributed by atoms with Crippen LogP contribution in [0.15, 0.2) is 97.2 Å². The summed E-state index contributed by atoms with van der Waals surface area (Å²) in [6.07, 6.45) is 2.20. The van der Waals surface area contributed by atoms with E-state index in [1.54, 1.807) is 0 Å². The van der Waals surface area contributed by atoms with Crippen molar-refractivity contribution in [3.8, 4) is 22.4 Å². The third-order valence-electron chi connectivity index (χ3n) is 4.57. The van der Waals surface area contributed by atoms with Crippen molar-refractivity contribution in [2.24, 2.45) is 0 Å². The number of hydrogen-bond acceptors (Lipinski definition) is 0. The molecule has 0 spiro atoms. The van der Waals surface area contributed by atoms with Crippen LogP contribution in [0.25, 0.3) is 22.4 Å². The van der Waals surface area contributed by atoms with E-state index >= 15 is 0 Å². The first kappa shape index (κ1) is 15.5. The molecule has 1 aromatic heterocycles. The predicted octanol–water partition coefficient (Wildman–Crippen LogP) is 6.18. The van der Waals surface area contributed by atoms with E-state index in [-0.39, 0.29) is 0 Å². The molecule has 0 unspecified atom stereocenters. The number of hydrogen-bond donors (Lipinski definition) is 0. The Kier molecular flexibility index (Phi) is 4.22. The van der Waals surface area contributed by atoms with Gasteiger partial charge in [-0.25, -0.2) is 0 Å². The molecule has 4 aromatic rings. The zero-order chi connectivity index (χ0) is 17.1. The lowest BCUT2D eigenvalue weighted by Gasteiger charge is -2.13. The first-order valence-corrected chi connectivity index (χ1v) is 8.67. The molecule has 0 aliphatic rings. The summed E-state index contributed by atoms with van der Waals surface area (Å²) < 4.78 is 2.35. The summed E-state index contributed by atoms with van der Waals surface area (Å²) in [6.45, 7) is 3.00. The lowest BCUT2D eigenvalue weighted by atomic mass is 10.0. The van der Waals surface area contributed by atoms with Crippen molar-refractivity contribution in [2.45, 2.75) is 13.5 Å². The zero-order valence-electron chi connectivity index (χ0n) is 14.4. The summed E-state index contributed by atoms with van der Waals surface area (Å²) in [5.74, 6) is 0. The monoisotopic (exact) mass is 323 g/mol. The first-order valence-electron chi connectivity index (χ1n) is 8.67. The average molecular weight is 323 g/mol. The first-order chi connectivity index (χ1) is 12.3. The highest BCUT2D eigenvalue weighted by atomic mass is 15.0. The van der Waals surface area contributed by atoms with Crippen LogP contribution in [0, 0.1) is 6.92 Å². The van der Waals surface area contributed by atoms with Gasteiger partial charge < -0.3 is 4.57 Å². The third-order valence-corrected chi connectivity index (χ3v) is 4.57. The van der Waals surface area contributed by atoms with Gasteiger partial charge in [0.15, 0.2) is 0 Å². The molecule has 0 atom stereocenters. The highest BCUT2D eigenvalue weighted by Crippen LogP contribution is 2.33. The molecule has 1 heterocycles. The Morgan fingerprint density at radius 3 is 1.96 bits per heavy atom. The fraction of sp³-hybridized carbons (Fsp3) is 0.0833. The minimum atomic E-state index is 0.872. The van der Waals surface area contributed by atoms with Gasteiger partial charge >= 0.3 is 0 Å². The van der Waals surface area contributed by atoms with E-state index < -0.39 is 0 Å². The van der Waals surface area contributed by atoms with Crippen LogP contribution in [0.1, 0.15) is 11.1 Å². The van der Waals surface area contributed by atoms with Gasteiger partial charge in [-0.1, -0.05) is 90.5 Å². The van der Waals surface area contributed by atoms with Crippen molar-refractivity contribution in [1.29, 1.82) is 0 Å². The molecule has 1 heteroatoms. The predicted molar refractivity (Wildman–Crippen MR) is 106 cm³/mol. The van der Waals surface area contributed by atoms with Gasteiger partial charge in [0.1, 0.15) is 0 Å². The molecule has 0 saturated carbocycles. The minimum Gasteiger partial charge on any atom is -0.343 e. The topological polar surface area (TPSA) is 4.93 Å². The lowest BCUT2D eigenvalue weighted by Crippen LogP contribution is -2.01. The summed E-state index contributed by atoms with van der Waals surface area (Å²) in [5.41, 5.74) is 7.66. The van der Waals surface area contributed by atoms with Gasteiger partial charge in [0.2, 0.25) is 0 Å². The summed E-state index contributed by atoms with van der Waals surface area (Å²) in [4.78, 5) is 0. The molecule has 4 rings (SSSR count). The second-order valence-electron chi connectivity index (χ2n) is 6.42. The fourth-order valence-corrected chi connectivity index (χ4v) is 3.27. The zero-order valence-corrected chi connectivity index (χ0v) is 14.4. The largest absolute Gasteiger partial charge is 0.343 e. The van der Waals surface area contributed by atoms with Crippen LogP contribution >= 0.6 is 0 Å². The Hall–Kier alpha value is -3.06. The number of aryl methyl sites for hydroxylation is 1. The lowest BCUT2D eigenvalue weighted by molar-refractivity contribution is 0.815. The highest BCUT2D eigenvalue weighted by molar-refractivity contribution is 5.82. The van der Waals surface area contributed by atoms with E-state index in [9.17, 15) is 0 Å². The van der Waals surface area contributed by atoms with Crippen molar-refractivity contribution in [3.63, 3.8) is 0 Å². The molecular formula is C24H21N. The van der Waals surface area contributed by atoms with E-state index in [1.165, 1.54) is 33.5 Å². The van der Waals surface area contributed by atoms with Crippen molar-refractivity contribution in [1.82, 2.24) is 4.57 Å². The molecule has 122 valence electrons. The number of nitrogens with zero attached hydrogens (tertiary/aromatic N) is 1. The Balaban J connectivity index is 1.84. The van der Waals surface area contributed by atoms with E-state index in [0.717, 1.165) is 6.54 Å². The van der Waals surface area contributed by atoms with Crippen LogP contribution in [-0.4, -0.2) is 4.57 Å². The molecule has 0 N–H and O–H groups in total. The smallest absolute Gasteiger partial charge is 0.0563 e. The van der Waals surface area contributed by atoms with Crippen molar-refractivity contribution in [2.75, 3.05) is 0 Å². The molecule has 0 bridgehead atoms. The number of rotatable bonds is 4. The molecule has 0 saturated heterocycles. The molecule has 1 nitrogen and oxygen atoms in total. The second kappa shape index (κ2) is 6.82. The van der Waals surface area contributed by atoms with Gasteiger partial charge in [0.25, 0.3) is 0 Å². The summed E-state index contributed by atoms with van der Waals surface area (Å²) in [6, 6.07) is 32.3. The van der Waals surface area contributed by atoms with Crippen LogP contribution < -0.4 is 0 Å². The van der Waals surface area contributed by atoms with Crippen LogP contribution in [0.4, 0.5) is 0 Å². The van der Waals surface area contributed by atoms with Gasteiger partial charge in [-0.15, -0.1) is 0 Å². The maximum absolute atomic E-state index is 2.35. The maximum atomic E-state index is 2.35. The van der Waals surface area contributed by atoms with Crippen LogP contribution in [0.2, 0.25) is 0 Å². The summed E-state index contributed by atoms with van der Waals surface area (Å²) in [5, 5.41) is 0. The molecule has 0 fully saturated rings. The van der Waals surface area contributed by atoms with Gasteiger partial charge in [0.05, 0.1) is 5.69 Å². The standard InChI is InChI=1S/C24H21N/c1-19-12-14-22(15-13-19)24-23(21-10-6-3-7-11-21)16-17-25(24)18-20-8-4-2-5-9-20/h2-17H,18H2,1H3. The number of benzene rings is 3. The van der Waals surface area contributed by atoms with Crippen molar-refractivity contribution in [3.05, 3.63) is 108 Å². The SMILES string of the molecule is Cc1ccc(-c2c(-c3ccccc3)ccn2Cc2ccccc2)cc1. The molecule has 25 heavy (non-hydrogen) atoms. The van der Waals surface area contributed by atoms with E-state index in [1.807, 2.05) is 0 Å². The Labute approximate surface area is 149 Å². The molecule has 0 radical (unpaired) electrons. The van der Waals surface area contributed by atoms with Gasteiger partial charge in [0, 0.05) is 18.3 Å². The normalized spacial score (nSPS) is 10.8. The van der Waals surface area contributed by atoms with E-state index in [4.69, 9.17) is 0 Å². The molecule has 0 amide bonds. The molecular weight excluding hydrogens is 302 g/mol. The average Bonchev–Trinajstić information content (AvgIpc) is 3.07.